The van der Waals surface area contributed by atoms with Gasteiger partial charge >= 0.3 is 11.8 Å². The van der Waals surface area contributed by atoms with E-state index in [9.17, 15) is 4.79 Å². The fourth-order valence-electron chi connectivity index (χ4n) is 1.52. The van der Waals surface area contributed by atoms with E-state index in [1.54, 1.807) is 24.3 Å². The second-order valence-electron chi connectivity index (χ2n) is 3.02. The number of oxazole rings is 1. The fraction of sp³-hybridized carbons (Fsp3) is 0. The van der Waals surface area contributed by atoms with Crippen LogP contribution in [0.25, 0.3) is 16.9 Å². The van der Waals surface area contributed by atoms with Crippen LogP contribution >= 0.6 is 0 Å². The first-order valence-corrected chi connectivity index (χ1v) is 4.23. The van der Waals surface area contributed by atoms with Gasteiger partial charge in [-0.05, 0) is 12.1 Å². The summed E-state index contributed by atoms with van der Waals surface area (Å²) in [5.41, 5.74) is 1.24. The van der Waals surface area contributed by atoms with Crippen molar-refractivity contribution in [2.24, 2.45) is 0 Å². The molecule has 15 heavy (non-hydrogen) atoms. The molecule has 0 amide bonds. The molecule has 2 heterocycles. The van der Waals surface area contributed by atoms with Crippen molar-refractivity contribution in [1.29, 1.82) is 0 Å². The van der Waals surface area contributed by atoms with Gasteiger partial charge in [0, 0.05) is 0 Å². The van der Waals surface area contributed by atoms with Crippen molar-refractivity contribution in [3.8, 4) is 0 Å². The molecular weight excluding hydrogens is 198 g/mol. The summed E-state index contributed by atoms with van der Waals surface area (Å²) in [6, 6.07) is 7.10. The van der Waals surface area contributed by atoms with Gasteiger partial charge in [0.25, 0.3) is 0 Å². The van der Waals surface area contributed by atoms with Crippen LogP contribution in [0.1, 0.15) is 10.6 Å². The van der Waals surface area contributed by atoms with Crippen molar-refractivity contribution >= 4 is 22.9 Å². The second-order valence-corrected chi connectivity index (χ2v) is 3.02. The lowest BCUT2D eigenvalue weighted by atomic mass is 10.3. The van der Waals surface area contributed by atoms with Crippen molar-refractivity contribution < 1.29 is 14.3 Å². The van der Waals surface area contributed by atoms with Crippen molar-refractivity contribution in [3.05, 3.63) is 30.1 Å². The maximum Gasteiger partial charge on any atom is 0.374 e. The third-order valence-electron chi connectivity index (χ3n) is 2.13. The zero-order chi connectivity index (χ0) is 10.4. The Morgan fingerprint density at radius 3 is 2.93 bits per heavy atom. The van der Waals surface area contributed by atoms with Gasteiger partial charge in [-0.2, -0.15) is 0 Å². The molecule has 3 rings (SSSR count). The van der Waals surface area contributed by atoms with Gasteiger partial charge in [-0.3, -0.25) is 0 Å². The molecule has 0 aliphatic rings. The molecular formula is C9H5N3O3. The number of aromatic carboxylic acids is 1. The summed E-state index contributed by atoms with van der Waals surface area (Å²) in [4.78, 5) is 10.9. The molecule has 0 saturated carbocycles. The summed E-state index contributed by atoms with van der Waals surface area (Å²) in [6.07, 6.45) is 0. The van der Waals surface area contributed by atoms with E-state index in [2.05, 4.69) is 10.2 Å². The Morgan fingerprint density at radius 1 is 1.33 bits per heavy atom. The van der Waals surface area contributed by atoms with Crippen LogP contribution in [0.15, 0.2) is 28.7 Å². The van der Waals surface area contributed by atoms with E-state index in [4.69, 9.17) is 9.52 Å². The highest BCUT2D eigenvalue weighted by Gasteiger charge is 2.18. The smallest absolute Gasteiger partial charge is 0.374 e. The van der Waals surface area contributed by atoms with Crippen LogP contribution in [0.5, 0.6) is 0 Å². The zero-order valence-corrected chi connectivity index (χ0v) is 7.41. The van der Waals surface area contributed by atoms with E-state index < -0.39 is 5.97 Å². The Hall–Kier alpha value is -2.37. The van der Waals surface area contributed by atoms with Gasteiger partial charge in [0.2, 0.25) is 5.82 Å². The largest absolute Gasteiger partial charge is 0.475 e. The van der Waals surface area contributed by atoms with Gasteiger partial charge in [0.15, 0.2) is 5.58 Å². The number of fused-ring (bicyclic) bond motifs is 3. The Morgan fingerprint density at radius 2 is 2.13 bits per heavy atom. The number of rotatable bonds is 1. The summed E-state index contributed by atoms with van der Waals surface area (Å²) in [7, 11) is 0. The van der Waals surface area contributed by atoms with Crippen LogP contribution < -0.4 is 0 Å². The third kappa shape index (κ3) is 0.954. The minimum atomic E-state index is -1.13. The molecule has 0 bridgehead atoms. The van der Waals surface area contributed by atoms with Crippen LogP contribution in [0.4, 0.5) is 0 Å². The molecule has 0 spiro atoms. The molecule has 0 aliphatic carbocycles. The average Bonchev–Trinajstić information content (AvgIpc) is 2.74. The van der Waals surface area contributed by atoms with E-state index in [1.807, 2.05) is 0 Å². The van der Waals surface area contributed by atoms with Crippen LogP contribution in [-0.4, -0.2) is 25.7 Å². The molecule has 1 N–H and O–H groups in total. The highest BCUT2D eigenvalue weighted by molar-refractivity contribution is 5.87. The highest BCUT2D eigenvalue weighted by atomic mass is 16.4. The molecule has 3 aromatic rings. The summed E-state index contributed by atoms with van der Waals surface area (Å²) >= 11 is 0. The molecule has 0 aliphatic heterocycles. The summed E-state index contributed by atoms with van der Waals surface area (Å²) < 4.78 is 6.68. The minimum Gasteiger partial charge on any atom is -0.475 e. The molecule has 2 aromatic heterocycles. The lowest BCUT2D eigenvalue weighted by Gasteiger charge is -1.89. The highest BCUT2D eigenvalue weighted by Crippen LogP contribution is 2.19. The Labute approximate surface area is 82.8 Å². The summed E-state index contributed by atoms with van der Waals surface area (Å²) in [5.74, 6) is -1.09. The predicted molar refractivity (Wildman–Crippen MR) is 49.7 cm³/mol. The maximum atomic E-state index is 10.9. The Balaban J connectivity index is 2.54. The van der Waals surface area contributed by atoms with Crippen LogP contribution in [0, 0.1) is 0 Å². The lowest BCUT2D eigenvalue weighted by Crippen LogP contribution is -2.02. The first kappa shape index (κ1) is 7.98. The van der Waals surface area contributed by atoms with Gasteiger partial charge in [-0.15, -0.1) is 5.10 Å². The van der Waals surface area contributed by atoms with Gasteiger partial charge in [-0.25, -0.2) is 9.20 Å². The van der Waals surface area contributed by atoms with Crippen molar-refractivity contribution in [3.63, 3.8) is 0 Å². The van der Waals surface area contributed by atoms with E-state index in [1.165, 1.54) is 4.40 Å². The summed E-state index contributed by atoms with van der Waals surface area (Å²) in [5, 5.41) is 16.1. The van der Waals surface area contributed by atoms with Gasteiger partial charge in [0.05, 0.1) is 5.52 Å². The SMILES string of the molecule is O=C(O)c1nnc2oc3ccccc3n12. The number of aromatic nitrogens is 3. The minimum absolute atomic E-state index is 0.144. The quantitative estimate of drug-likeness (QED) is 0.642. The van der Waals surface area contributed by atoms with Gasteiger partial charge in [0.1, 0.15) is 0 Å². The van der Waals surface area contributed by atoms with Crippen LogP contribution in [0.3, 0.4) is 0 Å². The average molecular weight is 203 g/mol. The Kier molecular flexibility index (Phi) is 1.37. The summed E-state index contributed by atoms with van der Waals surface area (Å²) in [6.45, 7) is 0. The molecule has 0 atom stereocenters. The standard InChI is InChI=1S/C9H5N3O3/c13-8(14)7-10-11-9-12(7)5-3-1-2-4-6(5)15-9/h1-4H,(H,13,14). The number of carbonyl (C=O) groups is 1. The molecule has 0 unspecified atom stereocenters. The van der Waals surface area contributed by atoms with E-state index >= 15 is 0 Å². The molecule has 74 valence electrons. The number of para-hydroxylation sites is 2. The van der Waals surface area contributed by atoms with Crippen molar-refractivity contribution in [2.75, 3.05) is 0 Å². The fourth-order valence-corrected chi connectivity index (χ4v) is 1.52. The molecule has 0 radical (unpaired) electrons. The van der Waals surface area contributed by atoms with Crippen molar-refractivity contribution in [1.82, 2.24) is 14.6 Å². The number of carboxylic acids is 1. The monoisotopic (exact) mass is 203 g/mol. The number of hydrogen-bond donors (Lipinski definition) is 1. The van der Waals surface area contributed by atoms with Crippen LogP contribution in [0.2, 0.25) is 0 Å². The normalized spacial score (nSPS) is 11.2. The van der Waals surface area contributed by atoms with E-state index in [-0.39, 0.29) is 11.7 Å². The molecule has 0 saturated heterocycles. The third-order valence-corrected chi connectivity index (χ3v) is 2.13. The first-order valence-electron chi connectivity index (χ1n) is 4.23. The molecule has 6 nitrogen and oxygen atoms in total. The Bertz CT molecular complexity index is 667. The molecule has 0 fully saturated rings. The second kappa shape index (κ2) is 2.57. The van der Waals surface area contributed by atoms with Crippen molar-refractivity contribution in [2.45, 2.75) is 0 Å². The number of benzene rings is 1. The van der Waals surface area contributed by atoms with Gasteiger partial charge < -0.3 is 9.52 Å². The number of carboxylic acid groups (broad SMARTS) is 1. The van der Waals surface area contributed by atoms with Crippen LogP contribution in [-0.2, 0) is 0 Å². The lowest BCUT2D eigenvalue weighted by molar-refractivity contribution is 0.0682. The van der Waals surface area contributed by atoms with E-state index in [0.29, 0.717) is 11.1 Å². The maximum absolute atomic E-state index is 10.9. The topological polar surface area (TPSA) is 80.6 Å². The molecule has 1 aromatic carbocycles. The van der Waals surface area contributed by atoms with E-state index in [0.717, 1.165) is 0 Å². The number of hydrogen-bond acceptors (Lipinski definition) is 4. The zero-order valence-electron chi connectivity index (χ0n) is 7.41. The van der Waals surface area contributed by atoms with Gasteiger partial charge in [-0.1, -0.05) is 17.2 Å². The molecule has 6 heteroatoms. The first-order chi connectivity index (χ1) is 7.27. The predicted octanol–water partition coefficient (Wildman–Crippen LogP) is 1.17. The number of nitrogens with zero attached hydrogens (tertiary/aromatic N) is 3.